The monoisotopic (exact) mass is 352 g/mol. The highest BCUT2D eigenvalue weighted by Gasteiger charge is 2.49. The van der Waals surface area contributed by atoms with Gasteiger partial charge in [0.25, 0.3) is 0 Å². The minimum atomic E-state index is -3.58. The van der Waals surface area contributed by atoms with Crippen molar-refractivity contribution < 1.29 is 22.8 Å². The quantitative estimate of drug-likeness (QED) is 0.769. The molecule has 2 fully saturated rings. The predicted molar refractivity (Wildman–Crippen MR) is 86.6 cm³/mol. The third-order valence-corrected chi connectivity index (χ3v) is 6.11. The molecular weight excluding hydrogens is 332 g/mol. The first-order valence-electron chi connectivity index (χ1n) is 7.70. The molecule has 3 rings (SSSR count). The van der Waals surface area contributed by atoms with Crippen molar-refractivity contribution in [3.63, 3.8) is 0 Å². The molecule has 130 valence electrons. The summed E-state index contributed by atoms with van der Waals surface area (Å²) < 4.78 is 31.9. The second-order valence-electron chi connectivity index (χ2n) is 5.95. The van der Waals surface area contributed by atoms with Gasteiger partial charge in [0.2, 0.25) is 10.0 Å². The lowest BCUT2D eigenvalue weighted by Gasteiger charge is -2.22. The fourth-order valence-electron chi connectivity index (χ4n) is 2.95. The van der Waals surface area contributed by atoms with Gasteiger partial charge in [0.1, 0.15) is 6.61 Å². The van der Waals surface area contributed by atoms with Gasteiger partial charge < -0.3 is 4.74 Å². The van der Waals surface area contributed by atoms with Crippen LogP contribution in [0.2, 0.25) is 0 Å². The van der Waals surface area contributed by atoms with E-state index in [1.165, 1.54) is 10.4 Å². The Morgan fingerprint density at radius 3 is 2.75 bits per heavy atom. The number of sulfonamides is 1. The molecule has 0 radical (unpaired) electrons. The van der Waals surface area contributed by atoms with Crippen LogP contribution in [0.25, 0.3) is 0 Å². The molecule has 2 aliphatic rings. The van der Waals surface area contributed by atoms with Gasteiger partial charge in [0.05, 0.1) is 17.5 Å². The van der Waals surface area contributed by atoms with Crippen molar-refractivity contribution in [3.8, 4) is 0 Å². The summed E-state index contributed by atoms with van der Waals surface area (Å²) >= 11 is 0. The molecule has 0 N–H and O–H groups in total. The summed E-state index contributed by atoms with van der Waals surface area (Å²) in [6, 6.07) is 6.41. The van der Waals surface area contributed by atoms with Gasteiger partial charge in [0, 0.05) is 19.0 Å². The molecule has 1 amide bonds. The van der Waals surface area contributed by atoms with Gasteiger partial charge >= 0.3 is 6.09 Å². The summed E-state index contributed by atoms with van der Waals surface area (Å²) in [4.78, 5) is 17.6. The van der Waals surface area contributed by atoms with Crippen molar-refractivity contribution in [2.45, 2.75) is 17.9 Å². The first-order chi connectivity index (χ1) is 11.4. The minimum Gasteiger partial charge on any atom is -0.444 e. The molecule has 0 unspecified atom stereocenters. The SMILES string of the molecule is C=CCOC(=O)N1OC[C@@H]2CN(S(=O)(=O)c3ccc(C)cc3)C[C@@H]21. The van der Waals surface area contributed by atoms with Gasteiger partial charge in [-0.1, -0.05) is 30.4 Å². The molecule has 2 aliphatic heterocycles. The molecule has 0 saturated carbocycles. The van der Waals surface area contributed by atoms with Crippen LogP contribution in [0.15, 0.2) is 41.8 Å². The molecular formula is C16H20N2O5S. The number of amides is 1. The number of aryl methyl sites for hydroxylation is 1. The molecule has 1 aromatic rings. The summed E-state index contributed by atoms with van der Waals surface area (Å²) in [7, 11) is -3.58. The van der Waals surface area contributed by atoms with E-state index in [9.17, 15) is 13.2 Å². The number of rotatable bonds is 4. The topological polar surface area (TPSA) is 76.2 Å². The second-order valence-corrected chi connectivity index (χ2v) is 7.89. The zero-order chi connectivity index (χ0) is 17.3. The highest BCUT2D eigenvalue weighted by molar-refractivity contribution is 7.89. The van der Waals surface area contributed by atoms with Gasteiger partial charge in [-0.05, 0) is 19.1 Å². The number of hydrogen-bond acceptors (Lipinski definition) is 5. The molecule has 7 nitrogen and oxygen atoms in total. The minimum absolute atomic E-state index is 0.0542. The number of carbonyl (C=O) groups is 1. The van der Waals surface area contributed by atoms with Crippen LogP contribution in [0.1, 0.15) is 5.56 Å². The molecule has 0 aliphatic carbocycles. The number of fused-ring (bicyclic) bond motifs is 1. The van der Waals surface area contributed by atoms with E-state index in [1.54, 1.807) is 24.3 Å². The van der Waals surface area contributed by atoms with Crippen molar-refractivity contribution >= 4 is 16.1 Å². The van der Waals surface area contributed by atoms with Crippen LogP contribution in [-0.2, 0) is 19.6 Å². The number of hydroxylamine groups is 2. The van der Waals surface area contributed by atoms with E-state index >= 15 is 0 Å². The van der Waals surface area contributed by atoms with Crippen molar-refractivity contribution in [1.82, 2.24) is 9.37 Å². The summed E-state index contributed by atoms with van der Waals surface area (Å²) in [6.45, 7) is 6.30. The molecule has 2 atom stereocenters. The Kier molecular flexibility index (Phi) is 4.62. The molecule has 2 heterocycles. The highest BCUT2D eigenvalue weighted by Crippen LogP contribution is 2.32. The maximum atomic E-state index is 12.8. The average molecular weight is 352 g/mol. The number of nitrogens with zero attached hydrogens (tertiary/aromatic N) is 2. The first kappa shape index (κ1) is 16.9. The van der Waals surface area contributed by atoms with E-state index in [-0.39, 0.29) is 30.0 Å². The van der Waals surface area contributed by atoms with Crippen LogP contribution >= 0.6 is 0 Å². The standard InChI is InChI=1S/C16H20N2O5S/c1-3-8-22-16(19)18-15-10-17(9-13(15)11-23-18)24(20,21)14-6-4-12(2)5-7-14/h3-7,13,15H,1,8-11H2,2H3/t13-,15-/m0/s1. The normalized spacial score (nSPS) is 24.0. The fourth-order valence-corrected chi connectivity index (χ4v) is 4.47. The Bertz CT molecular complexity index is 731. The van der Waals surface area contributed by atoms with Crippen molar-refractivity contribution in [2.75, 3.05) is 26.3 Å². The van der Waals surface area contributed by atoms with Gasteiger partial charge in [-0.15, -0.1) is 0 Å². The maximum absolute atomic E-state index is 12.8. The third kappa shape index (κ3) is 3.04. The first-order valence-corrected chi connectivity index (χ1v) is 9.14. The number of ether oxygens (including phenoxy) is 1. The molecule has 24 heavy (non-hydrogen) atoms. The van der Waals surface area contributed by atoms with Crippen LogP contribution < -0.4 is 0 Å². The molecule has 0 aromatic heterocycles. The highest BCUT2D eigenvalue weighted by atomic mass is 32.2. The Labute approximate surface area is 141 Å². The lowest BCUT2D eigenvalue weighted by atomic mass is 10.1. The van der Waals surface area contributed by atoms with E-state index < -0.39 is 16.1 Å². The van der Waals surface area contributed by atoms with Crippen molar-refractivity contribution in [3.05, 3.63) is 42.5 Å². The lowest BCUT2D eigenvalue weighted by molar-refractivity contribution is -0.110. The Hall–Kier alpha value is -1.90. The zero-order valence-corrected chi connectivity index (χ0v) is 14.2. The van der Waals surface area contributed by atoms with E-state index in [1.807, 2.05) is 6.92 Å². The molecule has 0 spiro atoms. The smallest absolute Gasteiger partial charge is 0.434 e. The van der Waals surface area contributed by atoms with Gasteiger partial charge in [-0.25, -0.2) is 13.2 Å². The van der Waals surface area contributed by atoms with Crippen molar-refractivity contribution in [2.24, 2.45) is 5.92 Å². The zero-order valence-electron chi connectivity index (χ0n) is 13.4. The summed E-state index contributed by atoms with van der Waals surface area (Å²) in [5, 5.41) is 1.15. The Balaban J connectivity index is 1.74. The van der Waals surface area contributed by atoms with Crippen LogP contribution in [0.5, 0.6) is 0 Å². The van der Waals surface area contributed by atoms with E-state index in [0.29, 0.717) is 13.2 Å². The van der Waals surface area contributed by atoms with E-state index in [0.717, 1.165) is 10.6 Å². The van der Waals surface area contributed by atoms with Crippen LogP contribution in [0, 0.1) is 12.8 Å². The Morgan fingerprint density at radius 2 is 2.08 bits per heavy atom. The van der Waals surface area contributed by atoms with Gasteiger partial charge in [-0.3, -0.25) is 4.84 Å². The molecule has 8 heteroatoms. The van der Waals surface area contributed by atoms with Gasteiger partial charge in [-0.2, -0.15) is 9.37 Å². The predicted octanol–water partition coefficient (Wildman–Crippen LogP) is 1.55. The van der Waals surface area contributed by atoms with Crippen LogP contribution in [0.4, 0.5) is 4.79 Å². The largest absolute Gasteiger partial charge is 0.444 e. The third-order valence-electron chi connectivity index (χ3n) is 4.27. The molecule has 1 aromatic carbocycles. The fraction of sp³-hybridized carbons (Fsp3) is 0.438. The van der Waals surface area contributed by atoms with Crippen LogP contribution in [0.3, 0.4) is 0 Å². The molecule has 2 saturated heterocycles. The summed E-state index contributed by atoms with van der Waals surface area (Å²) in [5.74, 6) is -0.0542. The van der Waals surface area contributed by atoms with E-state index in [4.69, 9.17) is 9.57 Å². The number of hydrogen-bond donors (Lipinski definition) is 0. The maximum Gasteiger partial charge on any atom is 0.434 e. The average Bonchev–Trinajstić information content (AvgIpc) is 3.13. The number of carbonyl (C=O) groups excluding carboxylic acids is 1. The summed E-state index contributed by atoms with van der Waals surface area (Å²) in [6.07, 6.45) is 0.853. The van der Waals surface area contributed by atoms with Crippen LogP contribution in [-0.4, -0.2) is 56.2 Å². The summed E-state index contributed by atoms with van der Waals surface area (Å²) in [5.41, 5.74) is 0.997. The van der Waals surface area contributed by atoms with Crippen molar-refractivity contribution in [1.29, 1.82) is 0 Å². The molecule has 0 bridgehead atoms. The van der Waals surface area contributed by atoms with E-state index in [2.05, 4.69) is 6.58 Å². The Morgan fingerprint density at radius 1 is 1.38 bits per heavy atom. The second kappa shape index (κ2) is 6.54. The number of benzene rings is 1. The van der Waals surface area contributed by atoms with Gasteiger partial charge in [0.15, 0.2) is 0 Å². The lowest BCUT2D eigenvalue weighted by Crippen LogP contribution is -2.40.